The van der Waals surface area contributed by atoms with E-state index in [1.165, 1.54) is 15.6 Å². The number of nitrogens with one attached hydrogen (secondary N) is 1. The van der Waals surface area contributed by atoms with E-state index in [1.54, 1.807) is 12.1 Å². The summed E-state index contributed by atoms with van der Waals surface area (Å²) in [6.07, 6.45) is 0. The van der Waals surface area contributed by atoms with Crippen molar-refractivity contribution < 1.29 is 17.9 Å². The molecular weight excluding hydrogens is 410 g/mol. The summed E-state index contributed by atoms with van der Waals surface area (Å²) in [7, 11) is -3.50. The van der Waals surface area contributed by atoms with Crippen molar-refractivity contribution in [2.75, 3.05) is 26.3 Å². The number of hydrogen-bond acceptors (Lipinski definition) is 5. The van der Waals surface area contributed by atoms with Crippen molar-refractivity contribution in [2.45, 2.75) is 24.2 Å². The summed E-state index contributed by atoms with van der Waals surface area (Å²) in [5.41, 5.74) is 2.05. The fourth-order valence-corrected chi connectivity index (χ4v) is 6.31. The minimum absolute atomic E-state index is 0.111. The molecule has 0 unspecified atom stereocenters. The lowest BCUT2D eigenvalue weighted by molar-refractivity contribution is -0.121. The highest BCUT2D eigenvalue weighted by Gasteiger charge is 2.27. The standard InChI is InChI=1S/C20H23N3O4S2/c1-15-12-16-4-2-3-5-18(16)23(15)14-19(24)21-13-17-6-7-20(28-17)29(25,26)22-8-10-27-11-9-22/h2-7,12H,8-11,13-14H2,1H3,(H,21,24). The first kappa shape index (κ1) is 20.1. The van der Waals surface area contributed by atoms with Crippen molar-refractivity contribution in [3.8, 4) is 0 Å². The Balaban J connectivity index is 1.39. The number of fused-ring (bicyclic) bond motifs is 1. The van der Waals surface area contributed by atoms with Gasteiger partial charge in [0.15, 0.2) is 0 Å². The van der Waals surface area contributed by atoms with E-state index in [9.17, 15) is 13.2 Å². The predicted octanol–water partition coefficient (Wildman–Crippen LogP) is 2.35. The monoisotopic (exact) mass is 433 g/mol. The van der Waals surface area contributed by atoms with Gasteiger partial charge in [0.25, 0.3) is 10.0 Å². The van der Waals surface area contributed by atoms with Crippen LogP contribution in [0.4, 0.5) is 0 Å². The second kappa shape index (κ2) is 8.27. The van der Waals surface area contributed by atoms with Gasteiger partial charge in [-0.05, 0) is 36.6 Å². The number of carbonyl (C=O) groups excluding carboxylic acids is 1. The van der Waals surface area contributed by atoms with Crippen LogP contribution in [0.15, 0.2) is 46.7 Å². The number of hydrogen-bond donors (Lipinski definition) is 1. The average Bonchev–Trinajstić information content (AvgIpc) is 3.33. The van der Waals surface area contributed by atoms with Crippen LogP contribution in [-0.2, 0) is 32.6 Å². The summed E-state index contributed by atoms with van der Waals surface area (Å²) in [6, 6.07) is 13.4. The summed E-state index contributed by atoms with van der Waals surface area (Å²) >= 11 is 1.20. The number of rotatable bonds is 6. The molecule has 0 atom stereocenters. The number of ether oxygens (including phenoxy) is 1. The van der Waals surface area contributed by atoms with Crippen LogP contribution in [0.25, 0.3) is 10.9 Å². The molecule has 7 nitrogen and oxygen atoms in total. The van der Waals surface area contributed by atoms with Gasteiger partial charge in [-0.15, -0.1) is 11.3 Å². The summed E-state index contributed by atoms with van der Waals surface area (Å²) in [6.45, 7) is 4.09. The van der Waals surface area contributed by atoms with Crippen LogP contribution in [0.3, 0.4) is 0 Å². The fourth-order valence-electron chi connectivity index (χ4n) is 3.45. The molecule has 9 heteroatoms. The highest BCUT2D eigenvalue weighted by Crippen LogP contribution is 2.25. The van der Waals surface area contributed by atoms with Crippen LogP contribution in [-0.4, -0.2) is 49.5 Å². The number of aromatic nitrogens is 1. The van der Waals surface area contributed by atoms with Crippen LogP contribution in [0.2, 0.25) is 0 Å². The molecule has 0 bridgehead atoms. The normalized spacial score (nSPS) is 15.6. The Morgan fingerprint density at radius 3 is 2.72 bits per heavy atom. The Hall–Kier alpha value is -2.20. The molecule has 3 heterocycles. The largest absolute Gasteiger partial charge is 0.379 e. The summed E-state index contributed by atoms with van der Waals surface area (Å²) < 4.78 is 34.4. The predicted molar refractivity (Wildman–Crippen MR) is 112 cm³/mol. The first-order valence-corrected chi connectivity index (χ1v) is 11.7. The Morgan fingerprint density at radius 2 is 1.93 bits per heavy atom. The van der Waals surface area contributed by atoms with Crippen LogP contribution >= 0.6 is 11.3 Å². The molecule has 1 N–H and O–H groups in total. The van der Waals surface area contributed by atoms with Gasteiger partial charge in [0.05, 0.1) is 19.8 Å². The lowest BCUT2D eigenvalue weighted by Crippen LogP contribution is -2.40. The van der Waals surface area contributed by atoms with Gasteiger partial charge in [-0.1, -0.05) is 18.2 Å². The van der Waals surface area contributed by atoms with Crippen molar-refractivity contribution in [1.29, 1.82) is 0 Å². The number of nitrogens with zero attached hydrogens (tertiary/aromatic N) is 2. The molecule has 0 spiro atoms. The van der Waals surface area contributed by atoms with Crippen molar-refractivity contribution in [1.82, 2.24) is 14.2 Å². The van der Waals surface area contributed by atoms with E-state index >= 15 is 0 Å². The van der Waals surface area contributed by atoms with Gasteiger partial charge in [-0.25, -0.2) is 8.42 Å². The van der Waals surface area contributed by atoms with Crippen LogP contribution in [0, 0.1) is 6.92 Å². The van der Waals surface area contributed by atoms with Gasteiger partial charge < -0.3 is 14.6 Å². The van der Waals surface area contributed by atoms with Crippen molar-refractivity contribution >= 4 is 38.2 Å². The highest BCUT2D eigenvalue weighted by atomic mass is 32.2. The zero-order valence-corrected chi connectivity index (χ0v) is 17.8. The molecule has 2 aromatic heterocycles. The number of amides is 1. The van der Waals surface area contributed by atoms with Gasteiger partial charge in [0, 0.05) is 29.2 Å². The SMILES string of the molecule is Cc1cc2ccccc2n1CC(=O)NCc1ccc(S(=O)(=O)N2CCOCC2)s1. The Morgan fingerprint density at radius 1 is 1.17 bits per heavy atom. The lowest BCUT2D eigenvalue weighted by atomic mass is 10.2. The molecule has 1 fully saturated rings. The molecule has 154 valence electrons. The van der Waals surface area contributed by atoms with E-state index in [0.29, 0.717) is 37.1 Å². The minimum Gasteiger partial charge on any atom is -0.379 e. The summed E-state index contributed by atoms with van der Waals surface area (Å²) in [5, 5.41) is 4.00. The lowest BCUT2D eigenvalue weighted by Gasteiger charge is -2.25. The molecule has 0 saturated carbocycles. The topological polar surface area (TPSA) is 80.6 Å². The third-order valence-corrected chi connectivity index (χ3v) is 8.43. The highest BCUT2D eigenvalue weighted by molar-refractivity contribution is 7.91. The molecule has 29 heavy (non-hydrogen) atoms. The zero-order valence-electron chi connectivity index (χ0n) is 16.1. The van der Waals surface area contributed by atoms with Crippen LogP contribution < -0.4 is 5.32 Å². The first-order chi connectivity index (χ1) is 13.9. The fraction of sp³-hybridized carbons (Fsp3) is 0.350. The summed E-state index contributed by atoms with van der Waals surface area (Å²) in [4.78, 5) is 13.3. The quantitative estimate of drug-likeness (QED) is 0.647. The summed E-state index contributed by atoms with van der Waals surface area (Å²) in [5.74, 6) is -0.111. The van der Waals surface area contributed by atoms with Gasteiger partial charge in [-0.2, -0.15) is 4.31 Å². The number of para-hydroxylation sites is 1. The second-order valence-electron chi connectivity index (χ2n) is 6.94. The number of thiophene rings is 1. The number of benzene rings is 1. The molecule has 4 rings (SSSR count). The van der Waals surface area contributed by atoms with E-state index in [2.05, 4.69) is 11.4 Å². The second-order valence-corrected chi connectivity index (χ2v) is 10.3. The smallest absolute Gasteiger partial charge is 0.252 e. The molecule has 0 aliphatic carbocycles. The molecule has 1 aliphatic heterocycles. The molecule has 1 aromatic carbocycles. The first-order valence-electron chi connectivity index (χ1n) is 9.43. The van der Waals surface area contributed by atoms with Gasteiger partial charge in [-0.3, -0.25) is 4.79 Å². The van der Waals surface area contributed by atoms with Crippen molar-refractivity contribution in [2.24, 2.45) is 0 Å². The molecule has 0 radical (unpaired) electrons. The van der Waals surface area contributed by atoms with E-state index < -0.39 is 10.0 Å². The van der Waals surface area contributed by atoms with Crippen LogP contribution in [0.5, 0.6) is 0 Å². The average molecular weight is 434 g/mol. The van der Waals surface area contributed by atoms with Crippen molar-refractivity contribution in [3.05, 3.63) is 53.0 Å². The Labute approximate surface area is 173 Å². The third-order valence-electron chi connectivity index (χ3n) is 4.98. The van der Waals surface area contributed by atoms with E-state index in [1.807, 2.05) is 35.8 Å². The van der Waals surface area contributed by atoms with Gasteiger partial charge >= 0.3 is 0 Å². The minimum atomic E-state index is -3.50. The van der Waals surface area contributed by atoms with Crippen LogP contribution in [0.1, 0.15) is 10.6 Å². The number of morpholine rings is 1. The van der Waals surface area contributed by atoms with Gasteiger partial charge in [0.2, 0.25) is 5.91 Å². The maximum atomic E-state index is 12.7. The molecule has 1 aliphatic rings. The Kier molecular flexibility index (Phi) is 5.73. The number of aryl methyl sites for hydroxylation is 1. The maximum absolute atomic E-state index is 12.7. The van der Waals surface area contributed by atoms with E-state index in [0.717, 1.165) is 21.5 Å². The third kappa shape index (κ3) is 4.23. The molecular formula is C20H23N3O4S2. The molecule has 1 saturated heterocycles. The van der Waals surface area contributed by atoms with Crippen molar-refractivity contribution in [3.63, 3.8) is 0 Å². The van der Waals surface area contributed by atoms with Gasteiger partial charge in [0.1, 0.15) is 10.8 Å². The van der Waals surface area contributed by atoms with E-state index in [4.69, 9.17) is 4.74 Å². The molecule has 3 aromatic rings. The zero-order chi connectivity index (χ0) is 20.4. The maximum Gasteiger partial charge on any atom is 0.252 e. The molecule has 1 amide bonds. The number of carbonyl (C=O) groups is 1. The Bertz CT molecular complexity index is 1130. The number of sulfonamides is 1. The van der Waals surface area contributed by atoms with E-state index in [-0.39, 0.29) is 12.5 Å².